The van der Waals surface area contributed by atoms with Crippen molar-refractivity contribution in [3.63, 3.8) is 0 Å². The van der Waals surface area contributed by atoms with E-state index in [9.17, 15) is 4.79 Å². The van der Waals surface area contributed by atoms with Crippen LogP contribution in [-0.4, -0.2) is 41.5 Å². The number of amides is 1. The second-order valence-electron chi connectivity index (χ2n) is 6.16. The molecule has 0 aliphatic carbocycles. The van der Waals surface area contributed by atoms with E-state index >= 15 is 0 Å². The number of piperidine rings is 1. The summed E-state index contributed by atoms with van der Waals surface area (Å²) in [5.41, 5.74) is 0.538. The van der Waals surface area contributed by atoms with Crippen molar-refractivity contribution in [1.82, 2.24) is 15.2 Å². The fourth-order valence-electron chi connectivity index (χ4n) is 3.53. The molecule has 1 N–H and O–H groups in total. The third kappa shape index (κ3) is 2.68. The molecule has 0 radical (unpaired) electrons. The first-order valence-electron chi connectivity index (χ1n) is 7.65. The van der Waals surface area contributed by atoms with E-state index in [0.717, 1.165) is 29.1 Å². The van der Waals surface area contributed by atoms with Gasteiger partial charge in [0.2, 0.25) is 0 Å². The predicted molar refractivity (Wildman–Crippen MR) is 84.7 cm³/mol. The number of carbonyl (C=O) groups excluding carboxylic acids is 1. The maximum absolute atomic E-state index is 12.4. The number of aromatic nitrogens is 1. The van der Waals surface area contributed by atoms with Gasteiger partial charge in [0.1, 0.15) is 10.5 Å². The molecule has 0 aromatic carbocycles. The Kier molecular flexibility index (Phi) is 3.39. The van der Waals surface area contributed by atoms with E-state index in [4.69, 9.17) is 0 Å². The first-order chi connectivity index (χ1) is 10.3. The average molecular weight is 301 g/mol. The van der Waals surface area contributed by atoms with E-state index in [1.807, 2.05) is 23.6 Å². The molecule has 110 valence electrons. The number of nitrogens with one attached hydrogen (secondary N) is 1. The van der Waals surface area contributed by atoms with Crippen LogP contribution < -0.4 is 5.32 Å². The minimum absolute atomic E-state index is 0.0298. The van der Waals surface area contributed by atoms with Crippen LogP contribution >= 0.6 is 11.3 Å². The Morgan fingerprint density at radius 3 is 3.00 bits per heavy atom. The number of rotatable bonds is 2. The minimum Gasteiger partial charge on any atom is -0.347 e. The first-order valence-corrected chi connectivity index (χ1v) is 8.53. The topological polar surface area (TPSA) is 45.2 Å². The van der Waals surface area contributed by atoms with Gasteiger partial charge >= 0.3 is 0 Å². The number of pyridine rings is 1. The van der Waals surface area contributed by atoms with Gasteiger partial charge < -0.3 is 10.2 Å². The molecule has 5 heteroatoms. The Balaban J connectivity index is 1.49. The van der Waals surface area contributed by atoms with E-state index in [1.165, 1.54) is 25.9 Å². The van der Waals surface area contributed by atoms with Gasteiger partial charge in [-0.1, -0.05) is 0 Å². The second-order valence-corrected chi connectivity index (χ2v) is 7.06. The lowest BCUT2D eigenvalue weighted by Gasteiger charge is -2.26. The number of fused-ring (bicyclic) bond motifs is 5. The molecule has 1 unspecified atom stereocenters. The van der Waals surface area contributed by atoms with Crippen LogP contribution in [-0.2, 0) is 0 Å². The van der Waals surface area contributed by atoms with Crippen molar-refractivity contribution in [2.45, 2.75) is 25.3 Å². The number of carbonyl (C=O) groups is 1. The van der Waals surface area contributed by atoms with Gasteiger partial charge in [0.05, 0.1) is 0 Å². The van der Waals surface area contributed by atoms with Gasteiger partial charge in [0, 0.05) is 18.0 Å². The maximum Gasteiger partial charge on any atom is 0.270 e. The van der Waals surface area contributed by atoms with E-state index in [1.54, 1.807) is 11.3 Å². The molecule has 0 saturated carbocycles. The van der Waals surface area contributed by atoms with Gasteiger partial charge in [0.15, 0.2) is 0 Å². The highest BCUT2D eigenvalue weighted by molar-refractivity contribution is 7.16. The van der Waals surface area contributed by atoms with Crippen molar-refractivity contribution in [1.29, 1.82) is 0 Å². The minimum atomic E-state index is -0.0298. The molecule has 5 rings (SSSR count). The molecule has 4 nitrogen and oxygen atoms in total. The number of hydrogen-bond donors (Lipinski definition) is 1. The predicted octanol–water partition coefficient (Wildman–Crippen LogP) is 2.51. The summed E-state index contributed by atoms with van der Waals surface area (Å²) in [6, 6.07) is 6.11. The van der Waals surface area contributed by atoms with E-state index in [0.29, 0.717) is 5.69 Å². The fourth-order valence-corrected chi connectivity index (χ4v) is 4.29. The molecule has 2 aromatic rings. The molecule has 0 spiro atoms. The van der Waals surface area contributed by atoms with Crippen LogP contribution in [0.25, 0.3) is 10.2 Å². The highest BCUT2D eigenvalue weighted by atomic mass is 32.1. The summed E-state index contributed by atoms with van der Waals surface area (Å²) in [5, 5.41) is 6.31. The summed E-state index contributed by atoms with van der Waals surface area (Å²) in [7, 11) is 0. The molecule has 3 saturated heterocycles. The van der Waals surface area contributed by atoms with Gasteiger partial charge in [-0.2, -0.15) is 0 Å². The zero-order valence-corrected chi connectivity index (χ0v) is 12.7. The van der Waals surface area contributed by atoms with Gasteiger partial charge in [-0.15, -0.1) is 11.3 Å². The maximum atomic E-state index is 12.4. The van der Waals surface area contributed by atoms with Crippen LogP contribution in [0.3, 0.4) is 0 Å². The average Bonchev–Trinajstić information content (AvgIpc) is 2.78. The SMILES string of the molecule is O=C(NC1CC2CCN(CC2)C1)c1ccc2ccsc2n1. The summed E-state index contributed by atoms with van der Waals surface area (Å²) in [6.07, 6.45) is 3.68. The van der Waals surface area contributed by atoms with E-state index < -0.39 is 0 Å². The molecule has 3 aliphatic heterocycles. The zero-order valence-electron chi connectivity index (χ0n) is 11.9. The Morgan fingerprint density at radius 1 is 1.29 bits per heavy atom. The number of nitrogens with zero attached hydrogens (tertiary/aromatic N) is 2. The highest BCUT2D eigenvalue weighted by Gasteiger charge is 2.30. The number of hydrogen-bond acceptors (Lipinski definition) is 4. The van der Waals surface area contributed by atoms with Gasteiger partial charge in [-0.25, -0.2) is 4.98 Å². The molecule has 5 heterocycles. The Hall–Kier alpha value is -1.46. The molecule has 3 fully saturated rings. The normalized spacial score (nSPS) is 28.5. The smallest absolute Gasteiger partial charge is 0.270 e. The number of thiophene rings is 1. The van der Waals surface area contributed by atoms with Crippen molar-refractivity contribution < 1.29 is 4.79 Å². The lowest BCUT2D eigenvalue weighted by atomic mass is 9.94. The van der Waals surface area contributed by atoms with Gasteiger partial charge in [-0.05, 0) is 61.8 Å². The lowest BCUT2D eigenvalue weighted by molar-refractivity contribution is 0.0924. The van der Waals surface area contributed by atoms with Crippen molar-refractivity contribution >= 4 is 27.5 Å². The van der Waals surface area contributed by atoms with Crippen molar-refractivity contribution in [3.8, 4) is 0 Å². The van der Waals surface area contributed by atoms with Crippen molar-refractivity contribution in [2.75, 3.05) is 19.6 Å². The summed E-state index contributed by atoms with van der Waals surface area (Å²) >= 11 is 1.58. The third-order valence-corrected chi connectivity index (χ3v) is 5.51. The van der Waals surface area contributed by atoms with Crippen LogP contribution in [0.2, 0.25) is 0 Å². The second kappa shape index (κ2) is 5.39. The van der Waals surface area contributed by atoms with Crippen LogP contribution in [0.1, 0.15) is 29.8 Å². The Labute approximate surface area is 128 Å². The van der Waals surface area contributed by atoms with Crippen molar-refractivity contribution in [3.05, 3.63) is 29.3 Å². The fraction of sp³-hybridized carbons (Fsp3) is 0.500. The summed E-state index contributed by atoms with van der Waals surface area (Å²) in [4.78, 5) is 20.3. The molecular formula is C16H19N3OS. The largest absolute Gasteiger partial charge is 0.347 e. The molecule has 1 atom stereocenters. The molecule has 21 heavy (non-hydrogen) atoms. The van der Waals surface area contributed by atoms with Crippen LogP contribution in [0.4, 0.5) is 0 Å². The molecule has 2 bridgehead atoms. The monoisotopic (exact) mass is 301 g/mol. The Bertz CT molecular complexity index is 646. The zero-order chi connectivity index (χ0) is 14.2. The van der Waals surface area contributed by atoms with Gasteiger partial charge in [-0.3, -0.25) is 4.79 Å². The molecule has 2 aromatic heterocycles. The molecule has 1 amide bonds. The lowest BCUT2D eigenvalue weighted by Crippen LogP contribution is -2.42. The van der Waals surface area contributed by atoms with Crippen LogP contribution in [0.5, 0.6) is 0 Å². The summed E-state index contributed by atoms with van der Waals surface area (Å²) in [6.45, 7) is 3.37. The van der Waals surface area contributed by atoms with Crippen LogP contribution in [0.15, 0.2) is 23.6 Å². The quantitative estimate of drug-likeness (QED) is 0.927. The highest BCUT2D eigenvalue weighted by Crippen LogP contribution is 2.27. The van der Waals surface area contributed by atoms with Crippen LogP contribution in [0, 0.1) is 5.92 Å². The third-order valence-electron chi connectivity index (χ3n) is 4.69. The first kappa shape index (κ1) is 13.2. The van der Waals surface area contributed by atoms with E-state index in [2.05, 4.69) is 15.2 Å². The standard InChI is InChI=1S/C16H19N3OS/c20-15(14-2-1-12-5-8-21-16(12)18-14)17-13-9-11-3-6-19(10-13)7-4-11/h1-2,5,8,11,13H,3-4,6-7,9-10H2,(H,17,20). The van der Waals surface area contributed by atoms with E-state index in [-0.39, 0.29) is 11.9 Å². The summed E-state index contributed by atoms with van der Waals surface area (Å²) < 4.78 is 0. The van der Waals surface area contributed by atoms with Gasteiger partial charge in [0.25, 0.3) is 5.91 Å². The summed E-state index contributed by atoms with van der Waals surface area (Å²) in [5.74, 6) is 0.750. The molecular weight excluding hydrogens is 282 g/mol. The van der Waals surface area contributed by atoms with Crippen molar-refractivity contribution in [2.24, 2.45) is 5.92 Å². The Morgan fingerprint density at radius 2 is 2.14 bits per heavy atom. The molecule has 3 aliphatic rings.